The number of hydrogen-bond donors (Lipinski definition) is 1. The van der Waals surface area contributed by atoms with Crippen LogP contribution in [0.5, 0.6) is 0 Å². The largest absolute Gasteiger partial charge is 0.447 e. The van der Waals surface area contributed by atoms with Crippen molar-refractivity contribution in [1.29, 1.82) is 0 Å². The van der Waals surface area contributed by atoms with Gasteiger partial charge in [0.25, 0.3) is 0 Å². The zero-order valence-electron chi connectivity index (χ0n) is 14.6. The smallest absolute Gasteiger partial charge is 0.414 e. The molecule has 2 aromatic carbocycles. The second kappa shape index (κ2) is 7.11. The molecular weight excluding hydrogens is 346 g/mol. The van der Waals surface area contributed by atoms with Gasteiger partial charge >= 0.3 is 6.09 Å². The number of nitrogens with one attached hydrogen (secondary N) is 1. The van der Waals surface area contributed by atoms with E-state index in [1.807, 2.05) is 30.3 Å². The van der Waals surface area contributed by atoms with Gasteiger partial charge < -0.3 is 15.0 Å². The van der Waals surface area contributed by atoms with Crippen molar-refractivity contribution in [2.45, 2.75) is 6.42 Å². The highest BCUT2D eigenvalue weighted by Gasteiger charge is 2.35. The van der Waals surface area contributed by atoms with Crippen molar-refractivity contribution < 1.29 is 19.1 Å². The first kappa shape index (κ1) is 17.1. The number of para-hydroxylation sites is 1. The number of benzene rings is 2. The van der Waals surface area contributed by atoms with E-state index in [1.165, 1.54) is 0 Å². The lowest BCUT2D eigenvalue weighted by molar-refractivity contribution is -0.122. The Bertz CT molecular complexity index is 867. The Morgan fingerprint density at radius 3 is 2.33 bits per heavy atom. The van der Waals surface area contributed by atoms with Crippen LogP contribution in [0, 0.1) is 5.92 Å². The van der Waals surface area contributed by atoms with Gasteiger partial charge in [0.15, 0.2) is 0 Å². The molecule has 4 rings (SSSR count). The molecule has 1 unspecified atom stereocenters. The molecule has 2 aliphatic heterocycles. The highest BCUT2D eigenvalue weighted by Crippen LogP contribution is 2.26. The maximum absolute atomic E-state index is 12.6. The molecule has 0 spiro atoms. The number of anilines is 3. The monoisotopic (exact) mass is 365 g/mol. The van der Waals surface area contributed by atoms with E-state index in [-0.39, 0.29) is 24.3 Å². The Morgan fingerprint density at radius 2 is 1.67 bits per heavy atom. The van der Waals surface area contributed by atoms with E-state index in [2.05, 4.69) is 5.32 Å². The summed E-state index contributed by atoms with van der Waals surface area (Å²) in [4.78, 5) is 39.6. The molecule has 2 heterocycles. The van der Waals surface area contributed by atoms with Crippen LogP contribution in [0.2, 0.25) is 0 Å². The Hall–Kier alpha value is -3.35. The Kier molecular flexibility index (Phi) is 4.50. The molecule has 1 atom stereocenters. The lowest BCUT2D eigenvalue weighted by Crippen LogP contribution is -2.28. The SMILES string of the molecule is O=C(Nc1ccc(N2CCOC2=O)cc1)C1CC(=O)N(c2ccccc2)C1. The average molecular weight is 365 g/mol. The van der Waals surface area contributed by atoms with Crippen LogP contribution in [-0.2, 0) is 14.3 Å². The van der Waals surface area contributed by atoms with Crippen molar-refractivity contribution in [1.82, 2.24) is 0 Å². The first-order chi connectivity index (χ1) is 13.1. The quantitative estimate of drug-likeness (QED) is 0.903. The molecule has 2 saturated heterocycles. The van der Waals surface area contributed by atoms with E-state index < -0.39 is 5.92 Å². The highest BCUT2D eigenvalue weighted by atomic mass is 16.6. The van der Waals surface area contributed by atoms with Gasteiger partial charge in [-0.1, -0.05) is 18.2 Å². The van der Waals surface area contributed by atoms with Crippen molar-refractivity contribution in [3.8, 4) is 0 Å². The minimum absolute atomic E-state index is 0.0516. The van der Waals surface area contributed by atoms with E-state index in [9.17, 15) is 14.4 Å². The number of rotatable bonds is 4. The van der Waals surface area contributed by atoms with Gasteiger partial charge in [0.1, 0.15) is 6.61 Å². The summed E-state index contributed by atoms with van der Waals surface area (Å²) in [6.07, 6.45) is -0.171. The van der Waals surface area contributed by atoms with Crippen LogP contribution >= 0.6 is 0 Å². The van der Waals surface area contributed by atoms with Gasteiger partial charge in [0.05, 0.1) is 12.5 Å². The molecule has 138 valence electrons. The molecular formula is C20H19N3O4. The highest BCUT2D eigenvalue weighted by molar-refractivity contribution is 6.03. The first-order valence-corrected chi connectivity index (χ1v) is 8.82. The Morgan fingerprint density at radius 1 is 0.963 bits per heavy atom. The summed E-state index contributed by atoms with van der Waals surface area (Å²) < 4.78 is 4.92. The molecule has 1 N–H and O–H groups in total. The van der Waals surface area contributed by atoms with E-state index in [4.69, 9.17) is 4.74 Å². The fraction of sp³-hybridized carbons (Fsp3) is 0.250. The number of ether oxygens (including phenoxy) is 1. The van der Waals surface area contributed by atoms with Crippen molar-refractivity contribution in [2.24, 2.45) is 5.92 Å². The summed E-state index contributed by atoms with van der Waals surface area (Å²) in [6.45, 7) is 1.27. The van der Waals surface area contributed by atoms with Gasteiger partial charge in [-0.2, -0.15) is 0 Å². The van der Waals surface area contributed by atoms with Crippen LogP contribution < -0.4 is 15.1 Å². The van der Waals surface area contributed by atoms with Crippen molar-refractivity contribution in [3.05, 3.63) is 54.6 Å². The maximum atomic E-state index is 12.6. The molecule has 2 aliphatic rings. The molecule has 27 heavy (non-hydrogen) atoms. The van der Waals surface area contributed by atoms with E-state index in [0.29, 0.717) is 25.4 Å². The van der Waals surface area contributed by atoms with Gasteiger partial charge in [-0.05, 0) is 36.4 Å². The van der Waals surface area contributed by atoms with Gasteiger partial charge in [0, 0.05) is 30.0 Å². The van der Waals surface area contributed by atoms with Gasteiger partial charge in [-0.3, -0.25) is 14.5 Å². The number of cyclic esters (lactones) is 1. The second-order valence-corrected chi connectivity index (χ2v) is 6.54. The Balaban J connectivity index is 1.39. The molecule has 7 heteroatoms. The molecule has 0 saturated carbocycles. The molecule has 2 aromatic rings. The first-order valence-electron chi connectivity index (χ1n) is 8.82. The second-order valence-electron chi connectivity index (χ2n) is 6.54. The van der Waals surface area contributed by atoms with Crippen LogP contribution in [0.25, 0.3) is 0 Å². The summed E-state index contributed by atoms with van der Waals surface area (Å²) in [7, 11) is 0. The fourth-order valence-electron chi connectivity index (χ4n) is 3.34. The summed E-state index contributed by atoms with van der Waals surface area (Å²) in [5, 5.41) is 2.85. The molecule has 0 aliphatic carbocycles. The topological polar surface area (TPSA) is 79.0 Å². The third-order valence-electron chi connectivity index (χ3n) is 4.77. The van der Waals surface area contributed by atoms with E-state index in [0.717, 1.165) is 11.4 Å². The number of amides is 3. The molecule has 0 aromatic heterocycles. The molecule has 3 amide bonds. The standard InChI is InChI=1S/C20H19N3O4/c24-18-12-14(13-23(18)16-4-2-1-3-5-16)19(25)21-15-6-8-17(9-7-15)22-10-11-27-20(22)26/h1-9,14H,10-13H2,(H,21,25). The van der Waals surface area contributed by atoms with Crippen LogP contribution in [-0.4, -0.2) is 37.6 Å². The van der Waals surface area contributed by atoms with Crippen LogP contribution in [0.3, 0.4) is 0 Å². The summed E-state index contributed by atoms with van der Waals surface area (Å²) in [6, 6.07) is 16.4. The van der Waals surface area contributed by atoms with Crippen molar-refractivity contribution >= 4 is 35.0 Å². The van der Waals surface area contributed by atoms with E-state index >= 15 is 0 Å². The fourth-order valence-corrected chi connectivity index (χ4v) is 3.34. The van der Waals surface area contributed by atoms with Gasteiger partial charge in [-0.25, -0.2) is 4.79 Å². The lowest BCUT2D eigenvalue weighted by Gasteiger charge is -2.17. The molecule has 0 bridgehead atoms. The molecule has 0 radical (unpaired) electrons. The third-order valence-corrected chi connectivity index (χ3v) is 4.77. The molecule has 2 fully saturated rings. The summed E-state index contributed by atoms with van der Waals surface area (Å²) in [5.41, 5.74) is 2.16. The Labute approximate surface area is 156 Å². The zero-order chi connectivity index (χ0) is 18.8. The van der Waals surface area contributed by atoms with Crippen LogP contribution in [0.15, 0.2) is 54.6 Å². The number of carbonyl (C=O) groups excluding carboxylic acids is 3. The predicted molar refractivity (Wildman–Crippen MR) is 101 cm³/mol. The minimum Gasteiger partial charge on any atom is -0.447 e. The van der Waals surface area contributed by atoms with Crippen molar-refractivity contribution in [2.75, 3.05) is 34.8 Å². The molecule has 7 nitrogen and oxygen atoms in total. The lowest BCUT2D eigenvalue weighted by atomic mass is 10.1. The maximum Gasteiger partial charge on any atom is 0.414 e. The number of carbonyl (C=O) groups is 3. The summed E-state index contributed by atoms with van der Waals surface area (Å²) >= 11 is 0. The van der Waals surface area contributed by atoms with Crippen molar-refractivity contribution in [3.63, 3.8) is 0 Å². The van der Waals surface area contributed by atoms with Crippen LogP contribution in [0.1, 0.15) is 6.42 Å². The van der Waals surface area contributed by atoms with Gasteiger partial charge in [0.2, 0.25) is 11.8 Å². The predicted octanol–water partition coefficient (Wildman–Crippen LogP) is 2.63. The minimum atomic E-state index is -0.397. The summed E-state index contributed by atoms with van der Waals surface area (Å²) in [5.74, 6) is -0.634. The normalized spacial score (nSPS) is 19.3. The number of nitrogens with zero attached hydrogens (tertiary/aromatic N) is 2. The van der Waals surface area contributed by atoms with E-state index in [1.54, 1.807) is 34.1 Å². The zero-order valence-corrected chi connectivity index (χ0v) is 14.6. The number of hydrogen-bond acceptors (Lipinski definition) is 4. The van der Waals surface area contributed by atoms with Gasteiger partial charge in [-0.15, -0.1) is 0 Å². The third kappa shape index (κ3) is 3.48. The average Bonchev–Trinajstić information content (AvgIpc) is 3.29. The van der Waals surface area contributed by atoms with Crippen LogP contribution in [0.4, 0.5) is 21.9 Å².